The molecule has 1 amide bonds. The average molecular weight is 255 g/mol. The smallest absolute Gasteiger partial charge is 0.227 e. The Morgan fingerprint density at radius 2 is 2.06 bits per heavy atom. The Balaban J connectivity index is 2.67. The Labute approximate surface area is 106 Å². The average Bonchev–Trinajstić information content (AvgIpc) is 2.34. The first-order valence-corrected chi connectivity index (χ1v) is 6.34. The van der Waals surface area contributed by atoms with Crippen molar-refractivity contribution in [1.29, 1.82) is 0 Å². The summed E-state index contributed by atoms with van der Waals surface area (Å²) < 4.78 is 26.1. The molecule has 4 heteroatoms. The molecule has 1 rings (SSSR count). The van der Waals surface area contributed by atoms with Gasteiger partial charge in [0.1, 0.15) is 11.6 Å². The van der Waals surface area contributed by atoms with Crippen LogP contribution in [0.1, 0.15) is 39.5 Å². The molecule has 0 aromatic heterocycles. The van der Waals surface area contributed by atoms with Crippen LogP contribution >= 0.6 is 0 Å². The molecule has 0 aliphatic carbocycles. The highest BCUT2D eigenvalue weighted by molar-refractivity contribution is 5.92. The first kappa shape index (κ1) is 14.6. The molecule has 0 aliphatic heterocycles. The van der Waals surface area contributed by atoms with Gasteiger partial charge in [0.25, 0.3) is 0 Å². The van der Waals surface area contributed by atoms with Gasteiger partial charge in [-0.15, -0.1) is 0 Å². The molecule has 0 bridgehead atoms. The molecule has 0 spiro atoms. The van der Waals surface area contributed by atoms with Crippen molar-refractivity contribution in [3.05, 3.63) is 29.8 Å². The highest BCUT2D eigenvalue weighted by Gasteiger charge is 2.17. The van der Waals surface area contributed by atoms with E-state index >= 15 is 0 Å². The van der Waals surface area contributed by atoms with Gasteiger partial charge in [0.2, 0.25) is 5.91 Å². The van der Waals surface area contributed by atoms with E-state index in [4.69, 9.17) is 0 Å². The zero-order valence-corrected chi connectivity index (χ0v) is 10.8. The lowest BCUT2D eigenvalue weighted by molar-refractivity contribution is -0.120. The minimum atomic E-state index is -0.742. The van der Waals surface area contributed by atoms with Crippen LogP contribution in [0.3, 0.4) is 0 Å². The minimum absolute atomic E-state index is 0.0383. The molecule has 1 aromatic carbocycles. The number of nitrogens with one attached hydrogen (secondary N) is 1. The molecule has 0 saturated carbocycles. The Kier molecular flexibility index (Phi) is 5.75. The van der Waals surface area contributed by atoms with Gasteiger partial charge in [-0.05, 0) is 25.0 Å². The summed E-state index contributed by atoms with van der Waals surface area (Å²) in [4.78, 5) is 11.9. The van der Waals surface area contributed by atoms with E-state index < -0.39 is 11.6 Å². The zero-order valence-electron chi connectivity index (χ0n) is 10.8. The van der Waals surface area contributed by atoms with Gasteiger partial charge < -0.3 is 5.32 Å². The molecule has 18 heavy (non-hydrogen) atoms. The topological polar surface area (TPSA) is 29.1 Å². The molecule has 1 atom stereocenters. The van der Waals surface area contributed by atoms with Crippen molar-refractivity contribution in [2.45, 2.75) is 39.5 Å². The van der Waals surface area contributed by atoms with E-state index in [1.807, 2.05) is 6.92 Å². The molecule has 0 heterocycles. The fourth-order valence-corrected chi connectivity index (χ4v) is 1.80. The maximum absolute atomic E-state index is 13.4. The quantitative estimate of drug-likeness (QED) is 0.814. The van der Waals surface area contributed by atoms with Crippen molar-refractivity contribution in [2.24, 2.45) is 5.92 Å². The molecule has 1 unspecified atom stereocenters. The predicted molar refractivity (Wildman–Crippen MR) is 68.3 cm³/mol. The highest BCUT2D eigenvalue weighted by Crippen LogP contribution is 2.19. The summed E-state index contributed by atoms with van der Waals surface area (Å²) in [6.45, 7) is 3.99. The number of carbonyl (C=O) groups is 1. The number of amides is 1. The van der Waals surface area contributed by atoms with Crippen molar-refractivity contribution in [1.82, 2.24) is 0 Å². The van der Waals surface area contributed by atoms with Crippen molar-refractivity contribution < 1.29 is 13.6 Å². The van der Waals surface area contributed by atoms with Crippen LogP contribution in [0.4, 0.5) is 14.5 Å². The fourth-order valence-electron chi connectivity index (χ4n) is 1.80. The van der Waals surface area contributed by atoms with Crippen LogP contribution in [0.25, 0.3) is 0 Å². The van der Waals surface area contributed by atoms with Crippen LogP contribution in [0.15, 0.2) is 18.2 Å². The maximum Gasteiger partial charge on any atom is 0.227 e. The Morgan fingerprint density at radius 1 is 1.33 bits per heavy atom. The van der Waals surface area contributed by atoms with Crippen LogP contribution in [-0.2, 0) is 4.79 Å². The summed E-state index contributed by atoms with van der Waals surface area (Å²) in [5.41, 5.74) is 0.0383. The summed E-state index contributed by atoms with van der Waals surface area (Å²) in [6.07, 6.45) is 3.50. The predicted octanol–water partition coefficient (Wildman–Crippen LogP) is 4.12. The lowest BCUT2D eigenvalue weighted by Crippen LogP contribution is -2.22. The van der Waals surface area contributed by atoms with E-state index in [1.165, 1.54) is 6.07 Å². The van der Waals surface area contributed by atoms with E-state index in [9.17, 15) is 13.6 Å². The second-order valence-electron chi connectivity index (χ2n) is 4.36. The number of benzene rings is 1. The van der Waals surface area contributed by atoms with Gasteiger partial charge in [-0.25, -0.2) is 8.78 Å². The Hall–Kier alpha value is -1.45. The number of unbranched alkanes of at least 4 members (excludes halogenated alkanes) is 1. The van der Waals surface area contributed by atoms with Gasteiger partial charge in [-0.1, -0.05) is 26.7 Å². The molecular formula is C14H19F2NO. The zero-order chi connectivity index (χ0) is 13.5. The normalized spacial score (nSPS) is 12.2. The highest BCUT2D eigenvalue weighted by atomic mass is 19.1. The monoisotopic (exact) mass is 255 g/mol. The number of hydrogen-bond donors (Lipinski definition) is 1. The van der Waals surface area contributed by atoms with E-state index in [0.717, 1.165) is 31.4 Å². The van der Waals surface area contributed by atoms with Gasteiger partial charge >= 0.3 is 0 Å². The van der Waals surface area contributed by atoms with Crippen molar-refractivity contribution in [2.75, 3.05) is 5.32 Å². The summed E-state index contributed by atoms with van der Waals surface area (Å²) in [5.74, 6) is -1.71. The third-order valence-electron chi connectivity index (χ3n) is 2.96. The first-order valence-electron chi connectivity index (χ1n) is 6.34. The van der Waals surface area contributed by atoms with E-state index in [0.29, 0.717) is 6.42 Å². The fraction of sp³-hybridized carbons (Fsp3) is 0.500. The molecular weight excluding hydrogens is 236 g/mol. The molecule has 0 radical (unpaired) electrons. The second kappa shape index (κ2) is 7.09. The Bertz CT molecular complexity index is 407. The number of anilines is 1. The SMILES string of the molecule is CCCCC(CC)C(=O)Nc1ccc(F)cc1F. The van der Waals surface area contributed by atoms with Crippen LogP contribution < -0.4 is 5.32 Å². The summed E-state index contributed by atoms with van der Waals surface area (Å²) in [5, 5.41) is 2.52. The largest absolute Gasteiger partial charge is 0.323 e. The molecule has 0 aliphatic rings. The summed E-state index contributed by atoms with van der Waals surface area (Å²) >= 11 is 0. The molecule has 0 saturated heterocycles. The van der Waals surface area contributed by atoms with Gasteiger partial charge in [-0.3, -0.25) is 4.79 Å². The van der Waals surface area contributed by atoms with Crippen molar-refractivity contribution in [3.8, 4) is 0 Å². The van der Waals surface area contributed by atoms with Crippen LogP contribution in [0.2, 0.25) is 0 Å². The molecule has 2 nitrogen and oxygen atoms in total. The van der Waals surface area contributed by atoms with E-state index in [2.05, 4.69) is 12.2 Å². The standard InChI is InChI=1S/C14H19F2NO/c1-3-5-6-10(4-2)14(18)17-13-8-7-11(15)9-12(13)16/h7-10H,3-6H2,1-2H3,(H,17,18). The van der Waals surface area contributed by atoms with Gasteiger partial charge in [0, 0.05) is 12.0 Å². The van der Waals surface area contributed by atoms with Crippen LogP contribution in [0.5, 0.6) is 0 Å². The summed E-state index contributed by atoms with van der Waals surface area (Å²) in [7, 11) is 0. The van der Waals surface area contributed by atoms with E-state index in [1.54, 1.807) is 0 Å². The van der Waals surface area contributed by atoms with Gasteiger partial charge in [0.15, 0.2) is 0 Å². The maximum atomic E-state index is 13.4. The van der Waals surface area contributed by atoms with Gasteiger partial charge in [0.05, 0.1) is 5.69 Å². The minimum Gasteiger partial charge on any atom is -0.323 e. The molecule has 1 N–H and O–H groups in total. The third-order valence-corrected chi connectivity index (χ3v) is 2.96. The van der Waals surface area contributed by atoms with E-state index in [-0.39, 0.29) is 17.5 Å². The number of carbonyl (C=O) groups excluding carboxylic acids is 1. The number of hydrogen-bond acceptors (Lipinski definition) is 1. The van der Waals surface area contributed by atoms with Crippen molar-refractivity contribution in [3.63, 3.8) is 0 Å². The summed E-state index contributed by atoms with van der Waals surface area (Å²) in [6, 6.07) is 3.14. The first-order chi connectivity index (χ1) is 8.58. The lowest BCUT2D eigenvalue weighted by atomic mass is 9.98. The molecule has 1 aromatic rings. The number of rotatable bonds is 6. The van der Waals surface area contributed by atoms with Crippen molar-refractivity contribution >= 4 is 11.6 Å². The molecule has 0 fully saturated rings. The number of halogens is 2. The van der Waals surface area contributed by atoms with Crippen LogP contribution in [-0.4, -0.2) is 5.91 Å². The lowest BCUT2D eigenvalue weighted by Gasteiger charge is -2.14. The molecule has 100 valence electrons. The second-order valence-corrected chi connectivity index (χ2v) is 4.36. The van der Waals surface area contributed by atoms with Gasteiger partial charge in [-0.2, -0.15) is 0 Å². The van der Waals surface area contributed by atoms with Crippen LogP contribution in [0, 0.1) is 17.6 Å². The third kappa shape index (κ3) is 4.09. The Morgan fingerprint density at radius 3 is 2.61 bits per heavy atom.